The van der Waals surface area contributed by atoms with Gasteiger partial charge < -0.3 is 10.2 Å². The molecule has 0 unspecified atom stereocenters. The normalized spacial score (nSPS) is 25.0. The summed E-state index contributed by atoms with van der Waals surface area (Å²) in [4.78, 5) is 18.4. The van der Waals surface area contributed by atoms with E-state index in [4.69, 9.17) is 0 Å². The smallest absolute Gasteiger partial charge is 0.228 e. The van der Waals surface area contributed by atoms with E-state index >= 15 is 0 Å². The van der Waals surface area contributed by atoms with Gasteiger partial charge in [-0.25, -0.2) is 4.98 Å². The molecule has 4 nitrogen and oxygen atoms in total. The van der Waals surface area contributed by atoms with E-state index in [0.29, 0.717) is 18.5 Å². The summed E-state index contributed by atoms with van der Waals surface area (Å²) >= 11 is 1.60. The molecule has 1 amide bonds. The number of aromatic nitrogens is 1. The second kappa shape index (κ2) is 5.14. The maximum atomic E-state index is 12.1. The van der Waals surface area contributed by atoms with Gasteiger partial charge in [0.15, 0.2) is 0 Å². The molecular weight excluding hydrogens is 234 g/mol. The zero-order chi connectivity index (χ0) is 12.4. The van der Waals surface area contributed by atoms with Crippen molar-refractivity contribution in [1.29, 1.82) is 0 Å². The molecule has 1 aliphatic rings. The lowest BCUT2D eigenvalue weighted by atomic mass is 10.1. The second-order valence-electron chi connectivity index (χ2n) is 4.80. The molecule has 0 radical (unpaired) electrons. The molecule has 2 atom stereocenters. The summed E-state index contributed by atoms with van der Waals surface area (Å²) in [6.07, 6.45) is 0.434. The molecule has 2 rings (SSSR count). The summed E-state index contributed by atoms with van der Waals surface area (Å²) in [6, 6.07) is 0.750. The Morgan fingerprint density at radius 2 is 2.18 bits per heavy atom. The topological polar surface area (TPSA) is 45.2 Å². The zero-order valence-electron chi connectivity index (χ0n) is 10.6. The molecule has 1 saturated heterocycles. The van der Waals surface area contributed by atoms with Crippen molar-refractivity contribution in [3.63, 3.8) is 0 Å². The number of hydrogen-bond acceptors (Lipinski definition) is 4. The zero-order valence-corrected chi connectivity index (χ0v) is 11.4. The molecule has 1 aliphatic heterocycles. The Morgan fingerprint density at radius 1 is 1.53 bits per heavy atom. The molecule has 1 N–H and O–H groups in total. The average Bonchev–Trinajstić information content (AvgIpc) is 2.62. The highest BCUT2D eigenvalue weighted by Crippen LogP contribution is 2.11. The van der Waals surface area contributed by atoms with Gasteiger partial charge in [-0.3, -0.25) is 4.79 Å². The molecule has 0 saturated carbocycles. The van der Waals surface area contributed by atoms with Crippen molar-refractivity contribution < 1.29 is 4.79 Å². The minimum absolute atomic E-state index is 0.190. The van der Waals surface area contributed by atoms with Gasteiger partial charge in [-0.15, -0.1) is 11.3 Å². The number of hydrogen-bond donors (Lipinski definition) is 1. The maximum absolute atomic E-state index is 12.1. The number of nitrogens with one attached hydrogen (secondary N) is 1. The molecule has 5 heteroatoms. The van der Waals surface area contributed by atoms with Crippen molar-refractivity contribution in [2.24, 2.45) is 0 Å². The first-order valence-electron chi connectivity index (χ1n) is 5.99. The van der Waals surface area contributed by atoms with Gasteiger partial charge >= 0.3 is 0 Å². The molecule has 17 heavy (non-hydrogen) atoms. The SMILES string of the molecule is Cc1nc(CC(=O)N2C[C@H](C)N[C@@H](C)C2)cs1. The monoisotopic (exact) mass is 253 g/mol. The quantitative estimate of drug-likeness (QED) is 0.861. The largest absolute Gasteiger partial charge is 0.339 e. The molecule has 1 fully saturated rings. The molecule has 0 aromatic carbocycles. The van der Waals surface area contributed by atoms with E-state index in [2.05, 4.69) is 24.1 Å². The Morgan fingerprint density at radius 3 is 2.71 bits per heavy atom. The Kier molecular flexibility index (Phi) is 3.79. The molecule has 0 spiro atoms. The highest BCUT2D eigenvalue weighted by molar-refractivity contribution is 7.09. The third-order valence-electron chi connectivity index (χ3n) is 2.91. The van der Waals surface area contributed by atoms with E-state index in [1.165, 1.54) is 0 Å². The molecule has 2 heterocycles. The van der Waals surface area contributed by atoms with Crippen LogP contribution in [0.2, 0.25) is 0 Å². The Hall–Kier alpha value is -0.940. The highest BCUT2D eigenvalue weighted by Gasteiger charge is 2.24. The minimum atomic E-state index is 0.190. The number of piperazine rings is 1. The molecule has 0 aliphatic carbocycles. The second-order valence-corrected chi connectivity index (χ2v) is 5.86. The number of rotatable bonds is 2. The van der Waals surface area contributed by atoms with Gasteiger partial charge in [0, 0.05) is 30.6 Å². The van der Waals surface area contributed by atoms with Gasteiger partial charge in [0.05, 0.1) is 17.1 Å². The molecule has 0 bridgehead atoms. The van der Waals surface area contributed by atoms with Crippen molar-refractivity contribution in [3.8, 4) is 0 Å². The van der Waals surface area contributed by atoms with Crippen molar-refractivity contribution in [3.05, 3.63) is 16.1 Å². The number of nitrogens with zero attached hydrogens (tertiary/aromatic N) is 2. The fraction of sp³-hybridized carbons (Fsp3) is 0.667. The fourth-order valence-electron chi connectivity index (χ4n) is 2.29. The minimum Gasteiger partial charge on any atom is -0.339 e. The van der Waals surface area contributed by atoms with Crippen LogP contribution >= 0.6 is 11.3 Å². The first-order valence-corrected chi connectivity index (χ1v) is 6.87. The number of aryl methyl sites for hydroxylation is 1. The number of amides is 1. The summed E-state index contributed by atoms with van der Waals surface area (Å²) in [5.41, 5.74) is 0.899. The summed E-state index contributed by atoms with van der Waals surface area (Å²) in [5.74, 6) is 0.190. The van der Waals surface area contributed by atoms with Crippen LogP contribution in [0, 0.1) is 6.92 Å². The first-order chi connectivity index (χ1) is 8.04. The van der Waals surface area contributed by atoms with E-state index in [1.54, 1.807) is 11.3 Å². The number of carbonyl (C=O) groups excluding carboxylic acids is 1. The Bertz CT molecular complexity index is 394. The van der Waals surface area contributed by atoms with Crippen LogP contribution in [-0.2, 0) is 11.2 Å². The van der Waals surface area contributed by atoms with E-state index < -0.39 is 0 Å². The molecule has 1 aromatic rings. The van der Waals surface area contributed by atoms with Crippen LogP contribution < -0.4 is 5.32 Å². The van der Waals surface area contributed by atoms with Crippen LogP contribution in [0.25, 0.3) is 0 Å². The van der Waals surface area contributed by atoms with Crippen LogP contribution in [0.3, 0.4) is 0 Å². The van der Waals surface area contributed by atoms with Crippen molar-refractivity contribution in [2.45, 2.75) is 39.3 Å². The third kappa shape index (κ3) is 3.26. The summed E-state index contributed by atoms with van der Waals surface area (Å²) < 4.78 is 0. The fourth-order valence-corrected chi connectivity index (χ4v) is 2.90. The lowest BCUT2D eigenvalue weighted by molar-refractivity contribution is -0.132. The maximum Gasteiger partial charge on any atom is 0.228 e. The Labute approximate surface area is 106 Å². The first kappa shape index (κ1) is 12.5. The van der Waals surface area contributed by atoms with Gasteiger partial charge in [0.2, 0.25) is 5.91 Å². The van der Waals surface area contributed by atoms with Gasteiger partial charge in [0.1, 0.15) is 0 Å². The lowest BCUT2D eigenvalue weighted by Crippen LogP contribution is -2.56. The number of thiazole rings is 1. The number of carbonyl (C=O) groups is 1. The Balaban J connectivity index is 1.95. The van der Waals surface area contributed by atoms with E-state index in [9.17, 15) is 4.79 Å². The lowest BCUT2D eigenvalue weighted by Gasteiger charge is -2.36. The summed E-state index contributed by atoms with van der Waals surface area (Å²) in [6.45, 7) is 7.79. The van der Waals surface area contributed by atoms with Crippen molar-refractivity contribution in [1.82, 2.24) is 15.2 Å². The summed E-state index contributed by atoms with van der Waals surface area (Å²) in [5, 5.41) is 6.42. The van der Waals surface area contributed by atoms with Crippen LogP contribution in [-0.4, -0.2) is 41.0 Å². The molecular formula is C12H19N3OS. The van der Waals surface area contributed by atoms with E-state index in [-0.39, 0.29) is 5.91 Å². The predicted molar refractivity (Wildman–Crippen MR) is 69.2 cm³/mol. The van der Waals surface area contributed by atoms with Gasteiger partial charge in [0.25, 0.3) is 0 Å². The summed E-state index contributed by atoms with van der Waals surface area (Å²) in [7, 11) is 0. The van der Waals surface area contributed by atoms with Gasteiger partial charge in [-0.1, -0.05) is 0 Å². The van der Waals surface area contributed by atoms with E-state index in [1.807, 2.05) is 17.2 Å². The van der Waals surface area contributed by atoms with Gasteiger partial charge in [-0.2, -0.15) is 0 Å². The third-order valence-corrected chi connectivity index (χ3v) is 3.73. The molecule has 1 aromatic heterocycles. The van der Waals surface area contributed by atoms with Crippen LogP contribution in [0.1, 0.15) is 24.5 Å². The highest BCUT2D eigenvalue weighted by atomic mass is 32.1. The predicted octanol–water partition coefficient (Wildman–Crippen LogP) is 1.20. The standard InChI is InChI=1S/C12H19N3OS/c1-8-5-15(6-9(2)13-8)12(16)4-11-7-17-10(3)14-11/h7-9,13H,4-6H2,1-3H3/t8-,9-/m0/s1. The van der Waals surface area contributed by atoms with Gasteiger partial charge in [-0.05, 0) is 20.8 Å². The van der Waals surface area contributed by atoms with Crippen LogP contribution in [0.5, 0.6) is 0 Å². The van der Waals surface area contributed by atoms with Crippen LogP contribution in [0.4, 0.5) is 0 Å². The van der Waals surface area contributed by atoms with Crippen molar-refractivity contribution >= 4 is 17.2 Å². The molecule has 94 valence electrons. The van der Waals surface area contributed by atoms with Crippen molar-refractivity contribution in [2.75, 3.05) is 13.1 Å². The average molecular weight is 253 g/mol. The van der Waals surface area contributed by atoms with E-state index in [0.717, 1.165) is 23.8 Å². The van der Waals surface area contributed by atoms with Crippen LogP contribution in [0.15, 0.2) is 5.38 Å².